The standard InChI is InChI=1S/C33H41ClN4O/c34-27-7-4-8-28-30(27)31(39)36-32-33(15-2-1-3-16-33)26-10-9-25(22-29(26)38(28)32)24-13-20-37(21-14-24)19-5-6-23-11-17-35-18-12-23/h4,7-10,22-24,35H,1-3,5-6,11-21H2. The van der Waals surface area contributed by atoms with Gasteiger partial charge >= 0.3 is 0 Å². The number of hydrogen-bond donors (Lipinski definition) is 1. The number of rotatable bonds is 5. The number of fused-ring (bicyclic) bond motifs is 7. The first kappa shape index (κ1) is 25.7. The molecule has 4 heterocycles. The number of piperidine rings is 2. The van der Waals surface area contributed by atoms with E-state index in [0.717, 1.165) is 30.1 Å². The molecule has 1 spiro atoms. The Kier molecular flexibility index (Phi) is 7.03. The molecule has 0 radical (unpaired) electrons. The largest absolute Gasteiger partial charge is 0.317 e. The molecule has 7 rings (SSSR count). The highest BCUT2D eigenvalue weighted by atomic mass is 35.5. The fraction of sp³-hybridized carbons (Fsp3) is 0.576. The van der Waals surface area contributed by atoms with Gasteiger partial charge in [0.1, 0.15) is 5.82 Å². The van der Waals surface area contributed by atoms with Gasteiger partial charge in [-0.25, -0.2) is 0 Å². The number of aromatic nitrogens is 2. The zero-order valence-corrected chi connectivity index (χ0v) is 23.8. The molecule has 1 N–H and O–H groups in total. The lowest BCUT2D eigenvalue weighted by Crippen LogP contribution is -2.34. The zero-order valence-electron chi connectivity index (χ0n) is 23.1. The molecule has 2 saturated heterocycles. The molecule has 206 valence electrons. The van der Waals surface area contributed by atoms with Crippen molar-refractivity contribution in [2.45, 2.75) is 82.0 Å². The third-order valence-electron chi connectivity index (χ3n) is 10.4. The van der Waals surface area contributed by atoms with E-state index in [1.54, 1.807) is 0 Å². The van der Waals surface area contributed by atoms with Crippen molar-refractivity contribution in [3.05, 3.63) is 68.7 Å². The molecule has 0 atom stereocenters. The van der Waals surface area contributed by atoms with Gasteiger partial charge in [0.05, 0.1) is 27.0 Å². The molecule has 0 amide bonds. The summed E-state index contributed by atoms with van der Waals surface area (Å²) in [4.78, 5) is 20.7. The van der Waals surface area contributed by atoms with Crippen molar-refractivity contribution >= 4 is 22.5 Å². The monoisotopic (exact) mass is 544 g/mol. The fourth-order valence-corrected chi connectivity index (χ4v) is 8.47. The lowest BCUT2D eigenvalue weighted by Gasteiger charge is -2.34. The molecule has 1 aromatic heterocycles. The summed E-state index contributed by atoms with van der Waals surface area (Å²) in [6.45, 7) is 6.06. The van der Waals surface area contributed by atoms with Crippen LogP contribution >= 0.6 is 11.6 Å². The SMILES string of the molecule is O=c1nc2n(c3cccc(Cl)c13)-c1cc(C3CCN(CCCC4CCNCC4)CC3)ccc1C21CCCCC1. The summed E-state index contributed by atoms with van der Waals surface area (Å²) in [5, 5.41) is 4.53. The summed E-state index contributed by atoms with van der Waals surface area (Å²) in [6.07, 6.45) is 13.6. The topological polar surface area (TPSA) is 50.2 Å². The van der Waals surface area contributed by atoms with Crippen LogP contribution in [0, 0.1) is 5.92 Å². The maximum absolute atomic E-state index is 13.2. The second kappa shape index (κ2) is 10.6. The zero-order chi connectivity index (χ0) is 26.4. The van der Waals surface area contributed by atoms with Gasteiger partial charge in [0.2, 0.25) is 0 Å². The van der Waals surface area contributed by atoms with E-state index in [4.69, 9.17) is 16.6 Å². The summed E-state index contributed by atoms with van der Waals surface area (Å²) in [6, 6.07) is 13.0. The third-order valence-corrected chi connectivity index (χ3v) is 10.7. The Hall–Kier alpha value is -2.21. The van der Waals surface area contributed by atoms with Crippen molar-refractivity contribution in [1.82, 2.24) is 19.8 Å². The molecule has 2 aromatic carbocycles. The third kappa shape index (κ3) is 4.55. The van der Waals surface area contributed by atoms with Gasteiger partial charge in [-0.2, -0.15) is 4.98 Å². The van der Waals surface area contributed by atoms with Crippen LogP contribution in [0.4, 0.5) is 0 Å². The van der Waals surface area contributed by atoms with Gasteiger partial charge in [0.25, 0.3) is 5.56 Å². The Morgan fingerprint density at radius 1 is 1.00 bits per heavy atom. The first-order valence-electron chi connectivity index (χ1n) is 15.4. The first-order valence-corrected chi connectivity index (χ1v) is 15.8. The predicted octanol–water partition coefficient (Wildman–Crippen LogP) is 6.56. The minimum atomic E-state index is -0.188. The van der Waals surface area contributed by atoms with Gasteiger partial charge in [-0.15, -0.1) is 0 Å². The second-order valence-corrected chi connectivity index (χ2v) is 13.0. The van der Waals surface area contributed by atoms with Crippen LogP contribution in [0.5, 0.6) is 0 Å². The smallest absolute Gasteiger partial charge is 0.282 e. The van der Waals surface area contributed by atoms with E-state index >= 15 is 0 Å². The summed E-state index contributed by atoms with van der Waals surface area (Å²) < 4.78 is 2.29. The van der Waals surface area contributed by atoms with Crippen molar-refractivity contribution < 1.29 is 0 Å². The Balaban J connectivity index is 1.15. The second-order valence-electron chi connectivity index (χ2n) is 12.6. The molecule has 1 aliphatic carbocycles. The Labute approximate surface area is 237 Å². The molecule has 0 unspecified atom stereocenters. The molecular weight excluding hydrogens is 504 g/mol. The van der Waals surface area contributed by atoms with Crippen LogP contribution in [-0.4, -0.2) is 47.2 Å². The van der Waals surface area contributed by atoms with Gasteiger partial charge in [-0.3, -0.25) is 9.36 Å². The van der Waals surface area contributed by atoms with Gasteiger partial charge in [-0.05, 0) is 125 Å². The van der Waals surface area contributed by atoms with E-state index in [9.17, 15) is 4.79 Å². The minimum absolute atomic E-state index is 0.153. The van der Waals surface area contributed by atoms with Crippen molar-refractivity contribution in [1.29, 1.82) is 0 Å². The maximum atomic E-state index is 13.2. The highest BCUT2D eigenvalue weighted by Crippen LogP contribution is 2.52. The molecule has 3 fully saturated rings. The van der Waals surface area contributed by atoms with Crippen LogP contribution in [-0.2, 0) is 5.41 Å². The van der Waals surface area contributed by atoms with Crippen LogP contribution in [0.3, 0.4) is 0 Å². The van der Waals surface area contributed by atoms with Crippen molar-refractivity contribution in [2.75, 3.05) is 32.7 Å². The molecule has 5 nitrogen and oxygen atoms in total. The van der Waals surface area contributed by atoms with Crippen LogP contribution in [0.2, 0.25) is 5.02 Å². The molecule has 4 aliphatic rings. The van der Waals surface area contributed by atoms with E-state index in [1.807, 2.05) is 12.1 Å². The highest BCUT2D eigenvalue weighted by molar-refractivity contribution is 6.35. The average molecular weight is 545 g/mol. The normalized spacial score (nSPS) is 21.9. The average Bonchev–Trinajstić information content (AvgIpc) is 3.22. The Morgan fingerprint density at radius 2 is 1.79 bits per heavy atom. The molecule has 1 saturated carbocycles. The molecule has 3 aliphatic heterocycles. The Bertz CT molecular complexity index is 1410. The highest BCUT2D eigenvalue weighted by Gasteiger charge is 2.46. The number of nitrogens with zero attached hydrogens (tertiary/aromatic N) is 3. The number of benzene rings is 2. The first-order chi connectivity index (χ1) is 19.1. The van der Waals surface area contributed by atoms with Crippen LogP contribution < -0.4 is 10.9 Å². The number of halogens is 1. The lowest BCUT2D eigenvalue weighted by molar-refractivity contribution is 0.201. The number of nitrogens with one attached hydrogen (secondary N) is 1. The summed E-state index contributed by atoms with van der Waals surface area (Å²) >= 11 is 6.55. The minimum Gasteiger partial charge on any atom is -0.317 e. The molecule has 0 bridgehead atoms. The van der Waals surface area contributed by atoms with E-state index in [0.29, 0.717) is 16.3 Å². The molecular formula is C33H41ClN4O. The van der Waals surface area contributed by atoms with Crippen LogP contribution in [0.1, 0.15) is 93.5 Å². The fourth-order valence-electron chi connectivity index (χ4n) is 8.22. The van der Waals surface area contributed by atoms with E-state index in [-0.39, 0.29) is 11.0 Å². The lowest BCUT2D eigenvalue weighted by atomic mass is 9.69. The van der Waals surface area contributed by atoms with Gasteiger partial charge in [0, 0.05) is 0 Å². The van der Waals surface area contributed by atoms with Crippen molar-refractivity contribution in [3.8, 4) is 5.69 Å². The van der Waals surface area contributed by atoms with Crippen LogP contribution in [0.15, 0.2) is 41.2 Å². The number of hydrogen-bond acceptors (Lipinski definition) is 4. The van der Waals surface area contributed by atoms with Crippen LogP contribution in [0.25, 0.3) is 16.6 Å². The quantitative estimate of drug-likeness (QED) is 0.395. The Morgan fingerprint density at radius 3 is 2.59 bits per heavy atom. The molecule has 6 heteroatoms. The maximum Gasteiger partial charge on any atom is 0.282 e. The van der Waals surface area contributed by atoms with Crippen molar-refractivity contribution in [3.63, 3.8) is 0 Å². The molecule has 39 heavy (non-hydrogen) atoms. The van der Waals surface area contributed by atoms with Gasteiger partial charge in [0.15, 0.2) is 0 Å². The van der Waals surface area contributed by atoms with E-state index in [2.05, 4.69) is 39.0 Å². The van der Waals surface area contributed by atoms with E-state index < -0.39 is 0 Å². The summed E-state index contributed by atoms with van der Waals surface area (Å²) in [5.41, 5.74) is 4.60. The van der Waals surface area contributed by atoms with E-state index in [1.165, 1.54) is 107 Å². The predicted molar refractivity (Wildman–Crippen MR) is 159 cm³/mol. The molecule has 3 aromatic rings. The van der Waals surface area contributed by atoms with Gasteiger partial charge in [-0.1, -0.05) is 49.1 Å². The van der Waals surface area contributed by atoms with Gasteiger partial charge < -0.3 is 10.2 Å². The summed E-state index contributed by atoms with van der Waals surface area (Å²) in [7, 11) is 0. The number of likely N-dealkylation sites (tertiary alicyclic amines) is 1. The summed E-state index contributed by atoms with van der Waals surface area (Å²) in [5.74, 6) is 2.46. The van der Waals surface area contributed by atoms with Crippen molar-refractivity contribution in [2.24, 2.45) is 5.92 Å².